The van der Waals surface area contributed by atoms with E-state index in [-0.39, 0.29) is 0 Å². The van der Waals surface area contributed by atoms with Crippen molar-refractivity contribution in [2.24, 2.45) is 5.73 Å². The molecule has 13 heavy (non-hydrogen) atoms. The first-order chi connectivity index (χ1) is 6.20. The van der Waals surface area contributed by atoms with E-state index >= 15 is 0 Å². The highest BCUT2D eigenvalue weighted by Gasteiger charge is 2.06. The lowest BCUT2D eigenvalue weighted by atomic mass is 10.2. The smallest absolute Gasteiger partial charge is 0.152 e. The predicted octanol–water partition coefficient (Wildman–Crippen LogP) is 2.85. The normalized spacial score (nSPS) is 11.0. The van der Waals surface area contributed by atoms with Crippen molar-refractivity contribution in [2.45, 2.75) is 13.5 Å². The zero-order chi connectivity index (χ0) is 9.42. The average molecular weight is 196 g/mol. The van der Waals surface area contributed by atoms with Crippen molar-refractivity contribution >= 4 is 22.6 Å². The van der Waals surface area contributed by atoms with E-state index in [0.717, 1.165) is 22.3 Å². The first kappa shape index (κ1) is 8.60. The molecule has 1 heterocycles. The van der Waals surface area contributed by atoms with Gasteiger partial charge in [0.05, 0.1) is 11.6 Å². The van der Waals surface area contributed by atoms with Crippen LogP contribution in [0.3, 0.4) is 0 Å². The molecule has 1 aromatic carbocycles. The molecule has 3 heteroatoms. The lowest BCUT2D eigenvalue weighted by molar-refractivity contribution is 0.552. The molecule has 2 aromatic rings. The standard InChI is InChI=1S/C10H10ClNO/c1-6-2-7-4-8(5-12)13-10(7)9(11)3-6/h2-4H,5,12H2,1H3. The fraction of sp³-hybridized carbons (Fsp3) is 0.200. The second-order valence-electron chi connectivity index (χ2n) is 3.08. The van der Waals surface area contributed by atoms with Crippen LogP contribution in [0.5, 0.6) is 0 Å². The molecule has 0 amide bonds. The zero-order valence-electron chi connectivity index (χ0n) is 7.30. The largest absolute Gasteiger partial charge is 0.458 e. The van der Waals surface area contributed by atoms with Crippen LogP contribution in [0.15, 0.2) is 22.6 Å². The Labute approximate surface area is 81.3 Å². The Morgan fingerprint density at radius 1 is 1.38 bits per heavy atom. The molecule has 0 spiro atoms. The summed E-state index contributed by atoms with van der Waals surface area (Å²) >= 11 is 6.00. The molecule has 0 aliphatic heterocycles. The Kier molecular flexibility index (Phi) is 2.02. The van der Waals surface area contributed by atoms with Gasteiger partial charge in [-0.1, -0.05) is 11.6 Å². The molecule has 0 aliphatic rings. The van der Waals surface area contributed by atoms with Crippen LogP contribution in [0.1, 0.15) is 11.3 Å². The molecule has 0 unspecified atom stereocenters. The maximum Gasteiger partial charge on any atom is 0.152 e. The molecule has 1 aromatic heterocycles. The van der Waals surface area contributed by atoms with E-state index in [1.807, 2.05) is 25.1 Å². The third-order valence-electron chi connectivity index (χ3n) is 1.97. The minimum Gasteiger partial charge on any atom is -0.458 e. The first-order valence-corrected chi connectivity index (χ1v) is 4.47. The summed E-state index contributed by atoms with van der Waals surface area (Å²) in [6, 6.07) is 5.84. The first-order valence-electron chi connectivity index (χ1n) is 4.09. The van der Waals surface area contributed by atoms with Crippen LogP contribution in [-0.2, 0) is 6.54 Å². The van der Waals surface area contributed by atoms with Gasteiger partial charge >= 0.3 is 0 Å². The Balaban J connectivity index is 2.75. The molecular formula is C10H10ClNO. The molecule has 0 aliphatic carbocycles. The van der Waals surface area contributed by atoms with Crippen LogP contribution in [0.25, 0.3) is 11.0 Å². The van der Waals surface area contributed by atoms with Gasteiger partial charge in [-0.3, -0.25) is 0 Å². The molecule has 2 nitrogen and oxygen atoms in total. The summed E-state index contributed by atoms with van der Waals surface area (Å²) < 4.78 is 5.45. The van der Waals surface area contributed by atoms with Gasteiger partial charge in [-0.15, -0.1) is 0 Å². The third kappa shape index (κ3) is 1.43. The number of nitrogens with two attached hydrogens (primary N) is 1. The van der Waals surface area contributed by atoms with E-state index < -0.39 is 0 Å². The van der Waals surface area contributed by atoms with Crippen LogP contribution in [0, 0.1) is 6.92 Å². The molecule has 0 bridgehead atoms. The summed E-state index contributed by atoms with van der Waals surface area (Å²) in [7, 11) is 0. The predicted molar refractivity (Wildman–Crippen MR) is 53.9 cm³/mol. The number of hydrogen-bond acceptors (Lipinski definition) is 2. The van der Waals surface area contributed by atoms with Gasteiger partial charge in [0.2, 0.25) is 0 Å². The van der Waals surface area contributed by atoms with Gasteiger partial charge in [-0.05, 0) is 30.7 Å². The summed E-state index contributed by atoms with van der Waals surface area (Å²) in [5.41, 5.74) is 7.32. The summed E-state index contributed by atoms with van der Waals surface area (Å²) in [6.07, 6.45) is 0. The maximum atomic E-state index is 6.00. The van der Waals surface area contributed by atoms with E-state index in [0.29, 0.717) is 11.6 Å². The Bertz CT molecular complexity index is 447. The van der Waals surface area contributed by atoms with Gasteiger partial charge in [0, 0.05) is 5.39 Å². The summed E-state index contributed by atoms with van der Waals surface area (Å²) in [4.78, 5) is 0. The molecule has 2 N–H and O–H groups in total. The minimum absolute atomic E-state index is 0.407. The highest BCUT2D eigenvalue weighted by Crippen LogP contribution is 2.27. The number of halogens is 1. The van der Waals surface area contributed by atoms with E-state index in [2.05, 4.69) is 0 Å². The van der Waals surface area contributed by atoms with Gasteiger partial charge in [-0.2, -0.15) is 0 Å². The van der Waals surface area contributed by atoms with Crippen LogP contribution < -0.4 is 5.73 Å². The maximum absolute atomic E-state index is 6.00. The number of benzene rings is 1. The Hall–Kier alpha value is -0.990. The van der Waals surface area contributed by atoms with Gasteiger partial charge in [0.15, 0.2) is 5.58 Å². The van der Waals surface area contributed by atoms with Crippen molar-refractivity contribution in [2.75, 3.05) is 0 Å². The van der Waals surface area contributed by atoms with Crippen LogP contribution in [0.2, 0.25) is 5.02 Å². The molecule has 0 radical (unpaired) electrons. The number of rotatable bonds is 1. The molecule has 0 saturated carbocycles. The van der Waals surface area contributed by atoms with Crippen molar-refractivity contribution < 1.29 is 4.42 Å². The summed E-state index contributed by atoms with van der Waals surface area (Å²) in [5, 5.41) is 1.67. The Morgan fingerprint density at radius 2 is 2.15 bits per heavy atom. The van der Waals surface area contributed by atoms with Crippen molar-refractivity contribution in [3.05, 3.63) is 34.5 Å². The van der Waals surface area contributed by atoms with Gasteiger partial charge in [0.1, 0.15) is 5.76 Å². The fourth-order valence-corrected chi connectivity index (χ4v) is 1.73. The van der Waals surface area contributed by atoms with Crippen LogP contribution >= 0.6 is 11.6 Å². The number of furan rings is 1. The molecule has 0 atom stereocenters. The second-order valence-corrected chi connectivity index (χ2v) is 3.49. The molecule has 2 rings (SSSR count). The molecule has 68 valence electrons. The molecular weight excluding hydrogens is 186 g/mol. The van der Waals surface area contributed by atoms with Gasteiger partial charge in [-0.25, -0.2) is 0 Å². The van der Waals surface area contributed by atoms with E-state index in [1.54, 1.807) is 0 Å². The van der Waals surface area contributed by atoms with Gasteiger partial charge in [0.25, 0.3) is 0 Å². The lowest BCUT2D eigenvalue weighted by Crippen LogP contribution is -1.92. The van der Waals surface area contributed by atoms with E-state index in [4.69, 9.17) is 21.8 Å². The number of hydrogen-bond donors (Lipinski definition) is 1. The van der Waals surface area contributed by atoms with E-state index in [9.17, 15) is 0 Å². The summed E-state index contributed by atoms with van der Waals surface area (Å²) in [6.45, 7) is 2.41. The summed E-state index contributed by atoms with van der Waals surface area (Å²) in [5.74, 6) is 0.766. The van der Waals surface area contributed by atoms with Crippen LogP contribution in [0.4, 0.5) is 0 Å². The Morgan fingerprint density at radius 3 is 2.85 bits per heavy atom. The topological polar surface area (TPSA) is 39.2 Å². The third-order valence-corrected chi connectivity index (χ3v) is 2.25. The molecule has 0 fully saturated rings. The van der Waals surface area contributed by atoms with Crippen molar-refractivity contribution in [1.82, 2.24) is 0 Å². The van der Waals surface area contributed by atoms with E-state index in [1.165, 1.54) is 0 Å². The number of fused-ring (bicyclic) bond motifs is 1. The molecule has 0 saturated heterocycles. The SMILES string of the molecule is Cc1cc(Cl)c2oc(CN)cc2c1. The minimum atomic E-state index is 0.407. The quantitative estimate of drug-likeness (QED) is 0.760. The number of aryl methyl sites for hydroxylation is 1. The average Bonchev–Trinajstić information content (AvgIpc) is 2.47. The lowest BCUT2D eigenvalue weighted by Gasteiger charge is -1.94. The fourth-order valence-electron chi connectivity index (χ4n) is 1.41. The van der Waals surface area contributed by atoms with Crippen molar-refractivity contribution in [3.63, 3.8) is 0 Å². The van der Waals surface area contributed by atoms with Crippen LogP contribution in [-0.4, -0.2) is 0 Å². The highest BCUT2D eigenvalue weighted by molar-refractivity contribution is 6.34. The second kappa shape index (κ2) is 3.05. The van der Waals surface area contributed by atoms with Crippen molar-refractivity contribution in [3.8, 4) is 0 Å². The zero-order valence-corrected chi connectivity index (χ0v) is 8.06. The monoisotopic (exact) mass is 195 g/mol. The van der Waals surface area contributed by atoms with Gasteiger partial charge < -0.3 is 10.2 Å². The highest BCUT2D eigenvalue weighted by atomic mass is 35.5. The van der Waals surface area contributed by atoms with Crippen molar-refractivity contribution in [1.29, 1.82) is 0 Å².